The topological polar surface area (TPSA) is 38.3 Å². The van der Waals surface area contributed by atoms with Crippen LogP contribution in [0, 0.1) is 19.8 Å². The Kier molecular flexibility index (Phi) is 3.84. The van der Waals surface area contributed by atoms with E-state index in [9.17, 15) is 4.79 Å². The van der Waals surface area contributed by atoms with Gasteiger partial charge in [0, 0.05) is 16.8 Å². The highest BCUT2D eigenvalue weighted by atomic mass is 79.9. The first kappa shape index (κ1) is 12.6. The molecule has 1 aliphatic rings. The fraction of sp³-hybridized carbons (Fsp3) is 0.462. The van der Waals surface area contributed by atoms with Gasteiger partial charge in [0.25, 0.3) is 0 Å². The van der Waals surface area contributed by atoms with E-state index in [4.69, 9.17) is 4.74 Å². The summed E-state index contributed by atoms with van der Waals surface area (Å²) < 4.78 is 6.31. The number of amides is 1. The number of hydrogen-bond acceptors (Lipinski definition) is 2. The van der Waals surface area contributed by atoms with Crippen molar-refractivity contribution in [2.75, 3.05) is 18.5 Å². The summed E-state index contributed by atoms with van der Waals surface area (Å²) in [7, 11) is 0. The Bertz CT molecular complexity index is 416. The highest BCUT2D eigenvalue weighted by molar-refractivity contribution is 9.10. The average Bonchev–Trinajstić information content (AvgIpc) is 2.79. The lowest BCUT2D eigenvalue weighted by Gasteiger charge is -2.12. The highest BCUT2D eigenvalue weighted by Crippen LogP contribution is 2.25. The minimum Gasteiger partial charge on any atom is -0.381 e. The summed E-state index contributed by atoms with van der Waals surface area (Å²) in [5.74, 6) is 0.0582. The smallest absolute Gasteiger partial charge is 0.229 e. The van der Waals surface area contributed by atoms with Crippen molar-refractivity contribution in [2.24, 2.45) is 5.92 Å². The van der Waals surface area contributed by atoms with Gasteiger partial charge in [-0.3, -0.25) is 4.79 Å². The van der Waals surface area contributed by atoms with Gasteiger partial charge < -0.3 is 10.1 Å². The van der Waals surface area contributed by atoms with Crippen LogP contribution in [0.25, 0.3) is 0 Å². The second kappa shape index (κ2) is 5.19. The predicted octanol–water partition coefficient (Wildman–Crippen LogP) is 3.04. The van der Waals surface area contributed by atoms with Gasteiger partial charge >= 0.3 is 0 Å². The molecule has 0 spiro atoms. The fourth-order valence-electron chi connectivity index (χ4n) is 2.00. The van der Waals surface area contributed by atoms with Gasteiger partial charge in [-0.2, -0.15) is 0 Å². The lowest BCUT2D eigenvalue weighted by atomic mass is 10.1. The first-order valence-electron chi connectivity index (χ1n) is 5.73. The van der Waals surface area contributed by atoms with Gasteiger partial charge in [-0.25, -0.2) is 0 Å². The Balaban J connectivity index is 2.10. The summed E-state index contributed by atoms with van der Waals surface area (Å²) in [5, 5.41) is 2.95. The van der Waals surface area contributed by atoms with Crippen LogP contribution in [-0.2, 0) is 9.53 Å². The third-order valence-electron chi connectivity index (χ3n) is 3.00. The Hall–Kier alpha value is -0.870. The van der Waals surface area contributed by atoms with E-state index in [0.717, 1.165) is 27.7 Å². The van der Waals surface area contributed by atoms with Crippen molar-refractivity contribution < 1.29 is 9.53 Å². The number of ether oxygens (including phenoxy) is 1. The minimum absolute atomic E-state index is 0.000686. The number of nitrogens with one attached hydrogen (secondary N) is 1. The molecule has 1 heterocycles. The van der Waals surface area contributed by atoms with Crippen LogP contribution in [0.3, 0.4) is 0 Å². The molecule has 1 aromatic rings. The van der Waals surface area contributed by atoms with Crippen LogP contribution in [0.4, 0.5) is 5.69 Å². The maximum Gasteiger partial charge on any atom is 0.229 e. The van der Waals surface area contributed by atoms with Crippen LogP contribution in [-0.4, -0.2) is 19.1 Å². The van der Waals surface area contributed by atoms with Crippen LogP contribution >= 0.6 is 15.9 Å². The van der Waals surface area contributed by atoms with E-state index in [-0.39, 0.29) is 11.8 Å². The Morgan fingerprint density at radius 2 is 2.06 bits per heavy atom. The SMILES string of the molecule is Cc1cc(NC(=O)C2CCOC2)cc(C)c1Br. The van der Waals surface area contributed by atoms with Gasteiger partial charge in [-0.05, 0) is 43.5 Å². The molecule has 1 unspecified atom stereocenters. The van der Waals surface area contributed by atoms with E-state index in [1.54, 1.807) is 0 Å². The molecule has 1 amide bonds. The molecule has 17 heavy (non-hydrogen) atoms. The van der Waals surface area contributed by atoms with Gasteiger partial charge in [-0.1, -0.05) is 15.9 Å². The van der Waals surface area contributed by atoms with E-state index >= 15 is 0 Å². The molecular formula is C13H16BrNO2. The summed E-state index contributed by atoms with van der Waals surface area (Å²) in [6.07, 6.45) is 0.820. The first-order valence-corrected chi connectivity index (χ1v) is 6.52. The molecule has 1 aliphatic heterocycles. The van der Waals surface area contributed by atoms with E-state index in [2.05, 4.69) is 21.2 Å². The summed E-state index contributed by atoms with van der Waals surface area (Å²) in [4.78, 5) is 11.9. The van der Waals surface area contributed by atoms with Crippen molar-refractivity contribution in [3.63, 3.8) is 0 Å². The van der Waals surface area contributed by atoms with Gasteiger partial charge in [-0.15, -0.1) is 0 Å². The molecule has 3 nitrogen and oxygen atoms in total. The standard InChI is InChI=1S/C13H16BrNO2/c1-8-5-11(6-9(2)12(8)14)15-13(16)10-3-4-17-7-10/h5-6,10H,3-4,7H2,1-2H3,(H,15,16). The third kappa shape index (κ3) is 2.87. The quantitative estimate of drug-likeness (QED) is 0.911. The van der Waals surface area contributed by atoms with E-state index in [0.29, 0.717) is 13.2 Å². The molecule has 1 fully saturated rings. The Morgan fingerprint density at radius 3 is 2.59 bits per heavy atom. The molecule has 1 N–H and O–H groups in total. The lowest BCUT2D eigenvalue weighted by Crippen LogP contribution is -2.22. The molecule has 0 radical (unpaired) electrons. The highest BCUT2D eigenvalue weighted by Gasteiger charge is 2.23. The minimum atomic E-state index is -0.000686. The molecule has 0 bridgehead atoms. The number of rotatable bonds is 2. The van der Waals surface area contributed by atoms with Crippen LogP contribution < -0.4 is 5.32 Å². The average molecular weight is 298 g/mol. The zero-order valence-corrected chi connectivity index (χ0v) is 11.6. The first-order chi connectivity index (χ1) is 8.08. The van der Waals surface area contributed by atoms with E-state index in [1.807, 2.05) is 26.0 Å². The molecular weight excluding hydrogens is 282 g/mol. The van der Waals surface area contributed by atoms with Crippen molar-refractivity contribution in [3.05, 3.63) is 27.7 Å². The number of carbonyl (C=O) groups is 1. The normalized spacial score (nSPS) is 19.4. The summed E-state index contributed by atoms with van der Waals surface area (Å²) in [6, 6.07) is 3.95. The largest absolute Gasteiger partial charge is 0.381 e. The number of benzene rings is 1. The molecule has 0 aromatic heterocycles. The molecule has 1 aromatic carbocycles. The van der Waals surface area contributed by atoms with Crippen molar-refractivity contribution in [1.82, 2.24) is 0 Å². The summed E-state index contributed by atoms with van der Waals surface area (Å²) in [5.41, 5.74) is 3.12. The zero-order valence-electron chi connectivity index (χ0n) is 10.0. The van der Waals surface area contributed by atoms with Gasteiger partial charge in [0.1, 0.15) is 0 Å². The molecule has 1 atom stereocenters. The van der Waals surface area contributed by atoms with Crippen molar-refractivity contribution >= 4 is 27.5 Å². The van der Waals surface area contributed by atoms with Crippen molar-refractivity contribution in [2.45, 2.75) is 20.3 Å². The fourth-order valence-corrected chi connectivity index (χ4v) is 2.23. The molecule has 2 rings (SSSR count). The summed E-state index contributed by atoms with van der Waals surface area (Å²) >= 11 is 3.51. The molecule has 0 saturated carbocycles. The maximum absolute atomic E-state index is 11.9. The van der Waals surface area contributed by atoms with Crippen LogP contribution in [0.1, 0.15) is 17.5 Å². The predicted molar refractivity (Wildman–Crippen MR) is 71.2 cm³/mol. The number of carbonyl (C=O) groups excluding carboxylic acids is 1. The van der Waals surface area contributed by atoms with Crippen LogP contribution in [0.2, 0.25) is 0 Å². The van der Waals surface area contributed by atoms with Crippen molar-refractivity contribution in [1.29, 1.82) is 0 Å². The Morgan fingerprint density at radius 1 is 1.41 bits per heavy atom. The molecule has 0 aliphatic carbocycles. The van der Waals surface area contributed by atoms with E-state index < -0.39 is 0 Å². The second-order valence-corrected chi connectivity index (χ2v) is 5.27. The number of aryl methyl sites for hydroxylation is 2. The number of anilines is 1. The molecule has 4 heteroatoms. The van der Waals surface area contributed by atoms with Gasteiger partial charge in [0.2, 0.25) is 5.91 Å². The van der Waals surface area contributed by atoms with Gasteiger partial charge in [0.15, 0.2) is 0 Å². The number of halogens is 1. The lowest BCUT2D eigenvalue weighted by molar-refractivity contribution is -0.119. The van der Waals surface area contributed by atoms with Gasteiger partial charge in [0.05, 0.1) is 12.5 Å². The van der Waals surface area contributed by atoms with Crippen LogP contribution in [0.5, 0.6) is 0 Å². The molecule has 1 saturated heterocycles. The third-order valence-corrected chi connectivity index (χ3v) is 4.26. The summed E-state index contributed by atoms with van der Waals surface area (Å²) in [6.45, 7) is 5.27. The zero-order chi connectivity index (χ0) is 12.4. The monoisotopic (exact) mass is 297 g/mol. The second-order valence-electron chi connectivity index (χ2n) is 4.47. The van der Waals surface area contributed by atoms with Crippen LogP contribution in [0.15, 0.2) is 16.6 Å². The maximum atomic E-state index is 11.9. The Labute approximate surface area is 110 Å². The van der Waals surface area contributed by atoms with E-state index in [1.165, 1.54) is 0 Å². The van der Waals surface area contributed by atoms with Crippen molar-refractivity contribution in [3.8, 4) is 0 Å². The number of hydrogen-bond donors (Lipinski definition) is 1. The molecule has 92 valence electrons.